The molecule has 0 unspecified atom stereocenters. The maximum atomic E-state index is 11.2. The molecular weight excluding hydrogens is 332 g/mol. The lowest BCUT2D eigenvalue weighted by molar-refractivity contribution is -0.247. The Hall–Kier alpha value is -0.920. The second-order valence-electron chi connectivity index (χ2n) is 4.42. The van der Waals surface area contributed by atoms with Crippen LogP contribution in [0.5, 0.6) is 0 Å². The van der Waals surface area contributed by atoms with Crippen LogP contribution in [0, 0.1) is 0 Å². The lowest BCUT2D eigenvalue weighted by atomic mass is 10.0. The molecule has 1 fully saturated rings. The number of carbonyl (C=O) groups excluding carboxylic acids is 2. The Balaban J connectivity index is 2.87. The summed E-state index contributed by atoms with van der Waals surface area (Å²) in [6, 6.07) is 0. The Bertz CT molecular complexity index is 372. The van der Waals surface area contributed by atoms with Gasteiger partial charge in [-0.2, -0.15) is 0 Å². The molecule has 114 valence electrons. The van der Waals surface area contributed by atoms with Crippen LogP contribution >= 0.6 is 15.9 Å². The van der Waals surface area contributed by atoms with Crippen molar-refractivity contribution < 1.29 is 28.5 Å². The van der Waals surface area contributed by atoms with Gasteiger partial charge in [-0.1, -0.05) is 22.0 Å². The van der Waals surface area contributed by atoms with Crippen molar-refractivity contribution in [3.05, 3.63) is 12.7 Å². The van der Waals surface area contributed by atoms with Crippen LogP contribution in [0.25, 0.3) is 0 Å². The van der Waals surface area contributed by atoms with Gasteiger partial charge in [0.2, 0.25) is 0 Å². The fraction of sp³-hybridized carbons (Fsp3) is 0.692. The minimum atomic E-state index is -0.690. The summed E-state index contributed by atoms with van der Waals surface area (Å²) in [4.78, 5) is 22.0. The molecule has 0 aromatic rings. The lowest BCUT2D eigenvalue weighted by Crippen LogP contribution is -2.57. The van der Waals surface area contributed by atoms with E-state index in [9.17, 15) is 9.59 Å². The summed E-state index contributed by atoms with van der Waals surface area (Å²) >= 11 is 3.38. The predicted molar refractivity (Wildman–Crippen MR) is 74.3 cm³/mol. The zero-order valence-corrected chi connectivity index (χ0v) is 13.3. The molecule has 1 heterocycles. The molecule has 1 saturated heterocycles. The van der Waals surface area contributed by atoms with E-state index in [1.807, 2.05) is 0 Å². The first-order chi connectivity index (χ1) is 9.36. The molecule has 0 aromatic heterocycles. The quantitative estimate of drug-likeness (QED) is 0.425. The predicted octanol–water partition coefficient (Wildman–Crippen LogP) is 1.56. The summed E-state index contributed by atoms with van der Waals surface area (Å²) in [5.74, 6) is -0.930. The molecule has 1 aliphatic rings. The van der Waals surface area contributed by atoms with Crippen molar-refractivity contribution in [1.82, 2.24) is 0 Å². The van der Waals surface area contributed by atoms with Crippen molar-refractivity contribution in [2.24, 2.45) is 0 Å². The number of halogens is 1. The van der Waals surface area contributed by atoms with E-state index in [0.29, 0.717) is 6.61 Å². The van der Waals surface area contributed by atoms with E-state index in [2.05, 4.69) is 22.5 Å². The molecule has 0 bridgehead atoms. The van der Waals surface area contributed by atoms with E-state index < -0.39 is 41.4 Å². The third-order valence-electron chi connectivity index (χ3n) is 2.69. The van der Waals surface area contributed by atoms with Crippen LogP contribution in [-0.2, 0) is 28.5 Å². The average Bonchev–Trinajstić information content (AvgIpc) is 2.35. The number of rotatable bonds is 5. The number of alkyl halides is 1. The third-order valence-corrected chi connectivity index (χ3v) is 3.64. The Morgan fingerprint density at radius 3 is 2.30 bits per heavy atom. The highest BCUT2D eigenvalue weighted by molar-refractivity contribution is 9.09. The summed E-state index contributed by atoms with van der Waals surface area (Å²) in [6.07, 6.45) is -0.877. The van der Waals surface area contributed by atoms with Gasteiger partial charge in [-0.3, -0.25) is 9.59 Å². The molecule has 5 atom stereocenters. The fourth-order valence-corrected chi connectivity index (χ4v) is 2.63. The zero-order valence-electron chi connectivity index (χ0n) is 11.7. The molecule has 6 nitrogen and oxygen atoms in total. The molecule has 0 N–H and O–H groups in total. The number of hydrogen-bond donors (Lipinski definition) is 0. The normalized spacial score (nSPS) is 33.3. The molecule has 1 rings (SSSR count). The van der Waals surface area contributed by atoms with Crippen LogP contribution < -0.4 is 0 Å². The van der Waals surface area contributed by atoms with E-state index in [1.165, 1.54) is 13.8 Å². The molecular formula is C13H19BrO6. The monoisotopic (exact) mass is 350 g/mol. The van der Waals surface area contributed by atoms with E-state index >= 15 is 0 Å². The molecule has 0 radical (unpaired) electrons. The highest BCUT2D eigenvalue weighted by Gasteiger charge is 2.47. The molecule has 0 amide bonds. The second-order valence-corrected chi connectivity index (χ2v) is 5.48. The first-order valence-corrected chi connectivity index (χ1v) is 7.14. The zero-order chi connectivity index (χ0) is 15.3. The molecule has 1 aliphatic heterocycles. The Kier molecular flexibility index (Phi) is 6.64. The van der Waals surface area contributed by atoms with Crippen LogP contribution in [0.1, 0.15) is 20.8 Å². The molecule has 0 spiro atoms. The highest BCUT2D eigenvalue weighted by atomic mass is 79.9. The van der Waals surface area contributed by atoms with Gasteiger partial charge in [-0.05, 0) is 6.92 Å². The van der Waals surface area contributed by atoms with Gasteiger partial charge in [0.05, 0.1) is 12.7 Å². The van der Waals surface area contributed by atoms with Gasteiger partial charge in [0.25, 0.3) is 0 Å². The maximum absolute atomic E-state index is 11.2. The van der Waals surface area contributed by atoms with Crippen molar-refractivity contribution in [3.63, 3.8) is 0 Å². The van der Waals surface area contributed by atoms with E-state index in [-0.39, 0.29) is 0 Å². The van der Waals surface area contributed by atoms with Gasteiger partial charge in [0, 0.05) is 13.8 Å². The SMILES string of the molecule is C=CCO[C@@H]1O[C@@H](C)[C@H](OC(C)=O)[C@@H](OC(C)=O)[C@H]1Br. The summed E-state index contributed by atoms with van der Waals surface area (Å²) < 4.78 is 21.5. The third kappa shape index (κ3) is 4.57. The van der Waals surface area contributed by atoms with Gasteiger partial charge >= 0.3 is 11.9 Å². The van der Waals surface area contributed by atoms with Crippen molar-refractivity contribution in [2.75, 3.05) is 6.61 Å². The van der Waals surface area contributed by atoms with Crippen molar-refractivity contribution >= 4 is 27.9 Å². The van der Waals surface area contributed by atoms with Gasteiger partial charge in [-0.25, -0.2) is 0 Å². The highest BCUT2D eigenvalue weighted by Crippen LogP contribution is 2.31. The van der Waals surface area contributed by atoms with Gasteiger partial charge < -0.3 is 18.9 Å². The Morgan fingerprint density at radius 2 is 1.80 bits per heavy atom. The number of ether oxygens (including phenoxy) is 4. The van der Waals surface area contributed by atoms with E-state index in [1.54, 1.807) is 13.0 Å². The lowest BCUT2D eigenvalue weighted by Gasteiger charge is -2.42. The van der Waals surface area contributed by atoms with Crippen LogP contribution in [0.4, 0.5) is 0 Å². The van der Waals surface area contributed by atoms with Crippen LogP contribution in [-0.4, -0.2) is 48.0 Å². The molecule has 0 saturated carbocycles. The Morgan fingerprint density at radius 1 is 1.25 bits per heavy atom. The van der Waals surface area contributed by atoms with Gasteiger partial charge in [0.15, 0.2) is 18.5 Å². The summed E-state index contributed by atoms with van der Waals surface area (Å²) in [5, 5.41) is 0. The smallest absolute Gasteiger partial charge is 0.303 e. The standard InChI is InChI=1S/C13H19BrO6/c1-5-6-17-13-10(14)12(20-9(4)16)11(7(2)18-13)19-8(3)15/h5,7,10-13H,1,6H2,2-4H3/t7-,10+,11-,12-,13+/m0/s1. The minimum absolute atomic E-state index is 0.296. The van der Waals surface area contributed by atoms with Gasteiger partial charge in [0.1, 0.15) is 4.83 Å². The van der Waals surface area contributed by atoms with Crippen LogP contribution in [0.15, 0.2) is 12.7 Å². The maximum Gasteiger partial charge on any atom is 0.303 e. The summed E-state index contributed by atoms with van der Waals surface area (Å²) in [6.45, 7) is 8.17. The van der Waals surface area contributed by atoms with Crippen molar-refractivity contribution in [3.8, 4) is 0 Å². The van der Waals surface area contributed by atoms with Crippen LogP contribution in [0.3, 0.4) is 0 Å². The van der Waals surface area contributed by atoms with E-state index in [0.717, 1.165) is 0 Å². The first-order valence-electron chi connectivity index (χ1n) is 6.23. The fourth-order valence-electron chi connectivity index (χ4n) is 1.94. The molecule has 0 aliphatic carbocycles. The second kappa shape index (κ2) is 7.75. The number of carbonyl (C=O) groups is 2. The molecule has 7 heteroatoms. The summed E-state index contributed by atoms with van der Waals surface area (Å²) in [5.41, 5.74) is 0. The number of esters is 2. The Labute approximate surface area is 126 Å². The minimum Gasteiger partial charge on any atom is -0.457 e. The largest absolute Gasteiger partial charge is 0.457 e. The van der Waals surface area contributed by atoms with Crippen molar-refractivity contribution in [2.45, 2.75) is 50.2 Å². The number of hydrogen-bond acceptors (Lipinski definition) is 6. The first kappa shape index (κ1) is 17.1. The van der Waals surface area contributed by atoms with E-state index in [4.69, 9.17) is 18.9 Å². The average molecular weight is 351 g/mol. The van der Waals surface area contributed by atoms with Gasteiger partial charge in [-0.15, -0.1) is 6.58 Å². The molecule has 0 aromatic carbocycles. The van der Waals surface area contributed by atoms with Crippen LogP contribution in [0.2, 0.25) is 0 Å². The van der Waals surface area contributed by atoms with Crippen molar-refractivity contribution in [1.29, 1.82) is 0 Å². The molecule has 20 heavy (non-hydrogen) atoms. The summed E-state index contributed by atoms with van der Waals surface area (Å²) in [7, 11) is 0. The topological polar surface area (TPSA) is 71.1 Å².